The van der Waals surface area contributed by atoms with Crippen molar-refractivity contribution in [2.24, 2.45) is 0 Å². The normalized spacial score (nSPS) is 14.5. The molecule has 7 aromatic rings. The predicted octanol–water partition coefficient (Wildman–Crippen LogP) is 13.8. The van der Waals surface area contributed by atoms with Gasteiger partial charge in [-0.25, -0.2) is 0 Å². The maximum absolute atomic E-state index is 6.60. The van der Waals surface area contributed by atoms with Crippen molar-refractivity contribution in [3.05, 3.63) is 155 Å². The third-order valence-electron chi connectivity index (χ3n) is 12.4. The zero-order valence-electron chi connectivity index (χ0n) is 34.9. The molecule has 0 saturated carbocycles. The number of fused-ring (bicyclic) bond motifs is 5. The van der Waals surface area contributed by atoms with Crippen LogP contribution in [-0.4, -0.2) is 25.8 Å². The molecule has 1 aliphatic rings. The molecule has 3 nitrogen and oxygen atoms in total. The van der Waals surface area contributed by atoms with Gasteiger partial charge >= 0.3 is 0 Å². The zero-order chi connectivity index (χ0) is 39.6. The fourth-order valence-corrected chi connectivity index (χ4v) is 9.20. The number of hydrogen-bond donors (Lipinski definition) is 0. The minimum absolute atomic E-state index is 0.186. The Kier molecular flexibility index (Phi) is 9.37. The van der Waals surface area contributed by atoms with Gasteiger partial charge in [0.1, 0.15) is 30.6 Å². The second kappa shape index (κ2) is 14.0. The summed E-state index contributed by atoms with van der Waals surface area (Å²) < 4.78 is 14.0. The van der Waals surface area contributed by atoms with Gasteiger partial charge in [-0.3, -0.25) is 0 Å². The van der Waals surface area contributed by atoms with Gasteiger partial charge in [0.05, 0.1) is 21.3 Å². The molecule has 1 atom stereocenters. The molecular formula is C53H56NO2+. The number of nitrogens with zero attached hydrogens (tertiary/aromatic N) is 1. The van der Waals surface area contributed by atoms with Crippen molar-refractivity contribution in [3.63, 3.8) is 0 Å². The predicted molar refractivity (Wildman–Crippen MR) is 237 cm³/mol. The first-order chi connectivity index (χ1) is 26.7. The van der Waals surface area contributed by atoms with Crippen LogP contribution in [0.15, 0.2) is 127 Å². The largest absolute Gasteiger partial charge is 0.496 e. The highest BCUT2D eigenvalue weighted by atomic mass is 16.5. The summed E-state index contributed by atoms with van der Waals surface area (Å²) in [6.07, 6.45) is 0. The van der Waals surface area contributed by atoms with Crippen LogP contribution in [0.4, 0.5) is 0 Å². The molecular weight excluding hydrogens is 683 g/mol. The van der Waals surface area contributed by atoms with Crippen LogP contribution >= 0.6 is 0 Å². The van der Waals surface area contributed by atoms with E-state index in [1.54, 1.807) is 0 Å². The smallest absolute Gasteiger partial charge is 0.130 e. The van der Waals surface area contributed by atoms with E-state index in [1.807, 2.05) is 14.2 Å². The molecule has 7 aromatic carbocycles. The molecule has 0 bridgehead atoms. The van der Waals surface area contributed by atoms with Crippen molar-refractivity contribution in [1.82, 2.24) is 0 Å². The fraction of sp³-hybridized carbons (Fsp3) is 0.283. The summed E-state index contributed by atoms with van der Waals surface area (Å²) in [4.78, 5) is 0. The van der Waals surface area contributed by atoms with Gasteiger partial charge in [0, 0.05) is 38.9 Å². The van der Waals surface area contributed by atoms with Crippen LogP contribution in [0, 0.1) is 0 Å². The molecule has 0 fully saturated rings. The van der Waals surface area contributed by atoms with E-state index in [0.717, 1.165) is 29.1 Å². The van der Waals surface area contributed by atoms with E-state index < -0.39 is 0 Å². The van der Waals surface area contributed by atoms with Gasteiger partial charge in [0.15, 0.2) is 0 Å². The minimum Gasteiger partial charge on any atom is -0.496 e. The topological polar surface area (TPSA) is 18.5 Å². The van der Waals surface area contributed by atoms with Gasteiger partial charge < -0.3 is 14.0 Å². The number of ether oxygens (including phenoxy) is 2. The molecule has 1 aliphatic heterocycles. The third-order valence-corrected chi connectivity index (χ3v) is 12.4. The average Bonchev–Trinajstić information content (AvgIpc) is 3.32. The van der Waals surface area contributed by atoms with Crippen molar-refractivity contribution in [2.75, 3.05) is 21.3 Å². The van der Waals surface area contributed by atoms with E-state index in [2.05, 4.69) is 183 Å². The highest BCUT2D eigenvalue weighted by Crippen LogP contribution is 2.55. The van der Waals surface area contributed by atoms with Gasteiger partial charge in [-0.2, -0.15) is 0 Å². The summed E-state index contributed by atoms with van der Waals surface area (Å²) in [5.74, 6) is 1.93. The van der Waals surface area contributed by atoms with Crippen LogP contribution < -0.4 is 9.47 Å². The van der Waals surface area contributed by atoms with Gasteiger partial charge in [0.2, 0.25) is 0 Å². The Labute approximate surface area is 334 Å². The lowest BCUT2D eigenvalue weighted by Crippen LogP contribution is -2.44. The number of quaternary nitrogens is 1. The van der Waals surface area contributed by atoms with Crippen molar-refractivity contribution in [2.45, 2.75) is 78.4 Å². The van der Waals surface area contributed by atoms with Crippen LogP contribution in [-0.2, 0) is 23.9 Å². The van der Waals surface area contributed by atoms with Crippen molar-refractivity contribution in [1.29, 1.82) is 0 Å². The Morgan fingerprint density at radius 3 is 1.29 bits per heavy atom. The summed E-state index contributed by atoms with van der Waals surface area (Å²) in [5, 5.41) is 4.92. The number of methoxy groups -OCH3 is 2. The average molecular weight is 739 g/mol. The van der Waals surface area contributed by atoms with Gasteiger partial charge in [-0.1, -0.05) is 145 Å². The lowest BCUT2D eigenvalue weighted by Gasteiger charge is -2.41. The minimum atomic E-state index is -0.186. The number of rotatable bonds is 6. The standard InChI is InChI=1S/C53H56NO2/c1-34(35-18-12-11-13-19-35)54(8)32-44-42(30-46(52(2,3)4)50(55-9)48(44)40-26-24-36-20-14-16-22-38(36)28-40)43-31-47(53(5,6)7)51(56-10)49(45(43)33-54)41-27-25-37-21-15-17-23-39(37)29-41/h11-31,34H,32-33H2,1-10H3/q+1/t34-/m1/s1. The van der Waals surface area contributed by atoms with E-state index in [1.165, 1.54) is 82.7 Å². The Balaban J connectivity index is 1.56. The molecule has 1 heterocycles. The highest BCUT2D eigenvalue weighted by molar-refractivity contribution is 5.95. The van der Waals surface area contributed by atoms with Crippen molar-refractivity contribution in [3.8, 4) is 44.9 Å². The second-order valence-corrected chi connectivity index (χ2v) is 18.2. The molecule has 0 aliphatic carbocycles. The van der Waals surface area contributed by atoms with Crippen LogP contribution in [0.3, 0.4) is 0 Å². The summed E-state index contributed by atoms with van der Waals surface area (Å²) in [5.41, 5.74) is 13.3. The lowest BCUT2D eigenvalue weighted by atomic mass is 9.76. The molecule has 0 unspecified atom stereocenters. The van der Waals surface area contributed by atoms with Gasteiger partial charge in [-0.15, -0.1) is 0 Å². The molecule has 0 saturated heterocycles. The number of benzene rings is 7. The van der Waals surface area contributed by atoms with Gasteiger partial charge in [-0.05, 0) is 85.8 Å². The van der Waals surface area contributed by atoms with Crippen molar-refractivity contribution < 1.29 is 14.0 Å². The molecule has 3 heteroatoms. The Bertz CT molecular complexity index is 2450. The Hall–Kier alpha value is -5.38. The Morgan fingerprint density at radius 1 is 0.500 bits per heavy atom. The lowest BCUT2D eigenvalue weighted by molar-refractivity contribution is -0.962. The highest BCUT2D eigenvalue weighted by Gasteiger charge is 2.41. The maximum atomic E-state index is 6.60. The van der Waals surface area contributed by atoms with Crippen LogP contribution in [0.5, 0.6) is 11.5 Å². The molecule has 0 radical (unpaired) electrons. The first-order valence-corrected chi connectivity index (χ1v) is 20.1. The van der Waals surface area contributed by atoms with E-state index in [0.29, 0.717) is 0 Å². The molecule has 0 spiro atoms. The summed E-state index contributed by atoms with van der Waals surface area (Å²) >= 11 is 0. The molecule has 0 amide bonds. The van der Waals surface area contributed by atoms with Crippen LogP contribution in [0.2, 0.25) is 0 Å². The SMILES string of the molecule is COc1c(C(C)(C)C)cc2c(c1-c1ccc3ccccc3c1)C[N+](C)([C@H](C)c1ccccc1)Cc1c-2cc(C(C)(C)C)c(OC)c1-c1ccc2ccccc2c1. The molecule has 284 valence electrons. The Morgan fingerprint density at radius 2 is 0.893 bits per heavy atom. The number of hydrogen-bond acceptors (Lipinski definition) is 2. The van der Waals surface area contributed by atoms with E-state index >= 15 is 0 Å². The summed E-state index contributed by atoms with van der Waals surface area (Å²) in [7, 11) is 6.17. The monoisotopic (exact) mass is 738 g/mol. The van der Waals surface area contributed by atoms with Crippen LogP contribution in [0.1, 0.15) is 82.3 Å². The summed E-state index contributed by atoms with van der Waals surface area (Å²) in [6.45, 7) is 17.9. The molecule has 56 heavy (non-hydrogen) atoms. The molecule has 0 aromatic heterocycles. The molecule has 0 N–H and O–H groups in total. The third kappa shape index (κ3) is 6.46. The second-order valence-electron chi connectivity index (χ2n) is 18.2. The fourth-order valence-electron chi connectivity index (χ4n) is 9.20. The van der Waals surface area contributed by atoms with Crippen LogP contribution in [0.25, 0.3) is 54.9 Å². The van der Waals surface area contributed by atoms with E-state index in [9.17, 15) is 0 Å². The summed E-state index contributed by atoms with van der Waals surface area (Å²) in [6, 6.07) is 47.4. The quantitative estimate of drug-likeness (QED) is 0.158. The van der Waals surface area contributed by atoms with E-state index in [-0.39, 0.29) is 16.9 Å². The first-order valence-electron chi connectivity index (χ1n) is 20.1. The zero-order valence-corrected chi connectivity index (χ0v) is 34.9. The maximum Gasteiger partial charge on any atom is 0.130 e. The molecule has 8 rings (SSSR count). The van der Waals surface area contributed by atoms with E-state index in [4.69, 9.17) is 9.47 Å². The van der Waals surface area contributed by atoms with Gasteiger partial charge in [0.25, 0.3) is 0 Å². The first kappa shape index (κ1) is 37.5. The van der Waals surface area contributed by atoms with Crippen molar-refractivity contribution >= 4 is 21.5 Å².